The fourth-order valence-corrected chi connectivity index (χ4v) is 5.81. The van der Waals surface area contributed by atoms with Crippen LogP contribution in [0.5, 0.6) is 0 Å². The number of hydrogen-bond donors (Lipinski definition) is 1. The largest absolute Gasteiger partial charge is 0.349 e. The Bertz CT molecular complexity index is 871. The lowest BCUT2D eigenvalue weighted by atomic mass is 9.63. The third kappa shape index (κ3) is 5.76. The maximum absolute atomic E-state index is 14.3. The molecule has 2 amide bonds. The molecule has 3 aliphatic rings. The molecule has 0 unspecified atom stereocenters. The number of carbonyl (C=O) groups excluding carboxylic acids is 2. The lowest BCUT2D eigenvalue weighted by Crippen LogP contribution is -2.47. The van der Waals surface area contributed by atoms with Crippen molar-refractivity contribution in [1.82, 2.24) is 15.1 Å². The van der Waals surface area contributed by atoms with Crippen molar-refractivity contribution in [3.8, 4) is 0 Å². The van der Waals surface area contributed by atoms with E-state index in [0.717, 1.165) is 69.4 Å². The quantitative estimate of drug-likeness (QED) is 0.681. The number of rotatable bonds is 6. The van der Waals surface area contributed by atoms with Gasteiger partial charge in [0.15, 0.2) is 0 Å². The molecule has 1 aromatic carbocycles. The molecule has 1 atom stereocenters. The van der Waals surface area contributed by atoms with E-state index in [9.17, 15) is 14.0 Å². The average Bonchev–Trinajstić information content (AvgIpc) is 3.18. The Morgan fingerprint density at radius 1 is 1.15 bits per heavy atom. The molecule has 4 rings (SSSR count). The summed E-state index contributed by atoms with van der Waals surface area (Å²) < 4.78 is 14.3. The zero-order valence-electron chi connectivity index (χ0n) is 20.6. The number of nitrogens with zero attached hydrogens (tertiary/aromatic N) is 2. The fourth-order valence-electron chi connectivity index (χ4n) is 5.81. The molecule has 1 aromatic rings. The molecule has 0 radical (unpaired) electrons. The number of amides is 2. The van der Waals surface area contributed by atoms with E-state index in [1.165, 1.54) is 12.5 Å². The maximum Gasteiger partial charge on any atom is 0.222 e. The minimum Gasteiger partial charge on any atom is -0.349 e. The second kappa shape index (κ2) is 9.73. The number of halogens is 1. The highest BCUT2D eigenvalue weighted by molar-refractivity contribution is 5.80. The predicted molar refractivity (Wildman–Crippen MR) is 128 cm³/mol. The van der Waals surface area contributed by atoms with Crippen LogP contribution in [0.15, 0.2) is 18.2 Å². The van der Waals surface area contributed by atoms with Crippen molar-refractivity contribution in [3.05, 3.63) is 35.1 Å². The minimum absolute atomic E-state index is 0.0128. The number of fused-ring (bicyclic) bond motifs is 2. The van der Waals surface area contributed by atoms with Gasteiger partial charge in [-0.15, -0.1) is 0 Å². The molecule has 6 heteroatoms. The third-order valence-electron chi connectivity index (χ3n) is 7.98. The molecular weight excluding hydrogens is 417 g/mol. The molecule has 1 aliphatic carbocycles. The highest BCUT2D eigenvalue weighted by Gasteiger charge is 2.42. The lowest BCUT2D eigenvalue weighted by molar-refractivity contribution is -0.128. The van der Waals surface area contributed by atoms with Crippen LogP contribution >= 0.6 is 0 Å². The van der Waals surface area contributed by atoms with Crippen LogP contribution in [0.4, 0.5) is 4.39 Å². The van der Waals surface area contributed by atoms with Gasteiger partial charge in [0.05, 0.1) is 6.04 Å². The first-order chi connectivity index (χ1) is 15.7. The molecular formula is C27H40FN3O2. The van der Waals surface area contributed by atoms with Crippen molar-refractivity contribution in [2.45, 2.75) is 83.6 Å². The summed E-state index contributed by atoms with van der Waals surface area (Å²) in [5, 5.41) is 3.19. The van der Waals surface area contributed by atoms with E-state index in [1.807, 2.05) is 6.07 Å². The van der Waals surface area contributed by atoms with E-state index in [1.54, 1.807) is 11.0 Å². The standard InChI is InChI=1S/C27H40FN3O2/c1-26(2,3)11-16-30-17-12-27(13-18-30)10-8-23(21-7-6-20(28)19-22(21)27)29-24(32)9-15-31-14-4-5-25(31)33/h6-7,19,23H,4-5,8-18H2,1-3H3,(H,29,32)/t23-/m0/s1. The normalized spacial score (nSPS) is 23.1. The average molecular weight is 458 g/mol. The molecule has 2 saturated heterocycles. The van der Waals surface area contributed by atoms with Crippen LogP contribution in [-0.2, 0) is 15.0 Å². The zero-order chi connectivity index (χ0) is 23.6. The molecule has 5 nitrogen and oxygen atoms in total. The van der Waals surface area contributed by atoms with Crippen LogP contribution in [0.2, 0.25) is 0 Å². The third-order valence-corrected chi connectivity index (χ3v) is 7.98. The molecule has 2 fully saturated rings. The number of benzene rings is 1. The van der Waals surface area contributed by atoms with Gasteiger partial charge in [-0.05, 0) is 92.2 Å². The van der Waals surface area contributed by atoms with E-state index in [-0.39, 0.29) is 29.1 Å². The SMILES string of the molecule is CC(C)(C)CCN1CCC2(CC[C@H](NC(=O)CCN3CCCC3=O)c3ccc(F)cc32)CC1. The van der Waals surface area contributed by atoms with Crippen molar-refractivity contribution in [3.63, 3.8) is 0 Å². The van der Waals surface area contributed by atoms with Crippen molar-refractivity contribution < 1.29 is 14.0 Å². The molecule has 1 N–H and O–H groups in total. The number of hydrogen-bond acceptors (Lipinski definition) is 3. The van der Waals surface area contributed by atoms with Gasteiger partial charge in [0.1, 0.15) is 5.82 Å². The summed E-state index contributed by atoms with van der Waals surface area (Å²) in [7, 11) is 0. The number of likely N-dealkylation sites (tertiary alicyclic amines) is 2. The predicted octanol–water partition coefficient (Wildman–Crippen LogP) is 4.56. The summed E-state index contributed by atoms with van der Waals surface area (Å²) >= 11 is 0. The summed E-state index contributed by atoms with van der Waals surface area (Å²) in [6, 6.07) is 5.05. The van der Waals surface area contributed by atoms with Gasteiger partial charge in [0.2, 0.25) is 11.8 Å². The minimum atomic E-state index is -0.192. The van der Waals surface area contributed by atoms with Gasteiger partial charge in [-0.3, -0.25) is 9.59 Å². The number of nitrogens with one attached hydrogen (secondary N) is 1. The molecule has 0 saturated carbocycles. The summed E-state index contributed by atoms with van der Waals surface area (Å²) in [6.07, 6.45) is 6.95. The Morgan fingerprint density at radius 2 is 1.91 bits per heavy atom. The summed E-state index contributed by atoms with van der Waals surface area (Å²) in [6.45, 7) is 11.3. The van der Waals surface area contributed by atoms with Crippen LogP contribution in [0.3, 0.4) is 0 Å². The van der Waals surface area contributed by atoms with Crippen LogP contribution in [0, 0.1) is 11.2 Å². The van der Waals surface area contributed by atoms with Crippen LogP contribution in [0.1, 0.15) is 89.3 Å². The Labute approximate surface area is 198 Å². The van der Waals surface area contributed by atoms with Crippen LogP contribution < -0.4 is 5.32 Å². The van der Waals surface area contributed by atoms with Gasteiger partial charge < -0.3 is 15.1 Å². The van der Waals surface area contributed by atoms with Gasteiger partial charge in [0.25, 0.3) is 0 Å². The molecule has 2 heterocycles. The molecule has 1 spiro atoms. The fraction of sp³-hybridized carbons (Fsp3) is 0.704. The Balaban J connectivity index is 1.40. The molecule has 0 aromatic heterocycles. The summed E-state index contributed by atoms with van der Waals surface area (Å²) in [4.78, 5) is 28.8. The summed E-state index contributed by atoms with van der Waals surface area (Å²) in [5.41, 5.74) is 2.53. The van der Waals surface area contributed by atoms with E-state index in [4.69, 9.17) is 0 Å². The van der Waals surface area contributed by atoms with Crippen LogP contribution in [-0.4, -0.2) is 54.3 Å². The van der Waals surface area contributed by atoms with E-state index >= 15 is 0 Å². The second-order valence-electron chi connectivity index (χ2n) is 11.6. The topological polar surface area (TPSA) is 52.7 Å². The molecule has 33 heavy (non-hydrogen) atoms. The molecule has 0 bridgehead atoms. The van der Waals surface area contributed by atoms with Crippen LogP contribution in [0.25, 0.3) is 0 Å². The first kappa shape index (κ1) is 24.2. The number of carbonyl (C=O) groups is 2. The van der Waals surface area contributed by atoms with Gasteiger partial charge in [0, 0.05) is 25.9 Å². The smallest absolute Gasteiger partial charge is 0.222 e. The van der Waals surface area contributed by atoms with Gasteiger partial charge in [-0.2, -0.15) is 0 Å². The van der Waals surface area contributed by atoms with Gasteiger partial charge in [-0.25, -0.2) is 4.39 Å². The molecule has 2 aliphatic heterocycles. The lowest BCUT2D eigenvalue weighted by Gasteiger charge is -2.47. The Hall–Kier alpha value is -1.95. The van der Waals surface area contributed by atoms with Gasteiger partial charge in [-0.1, -0.05) is 26.8 Å². The van der Waals surface area contributed by atoms with E-state index in [0.29, 0.717) is 24.8 Å². The monoisotopic (exact) mass is 457 g/mol. The first-order valence-corrected chi connectivity index (χ1v) is 12.7. The van der Waals surface area contributed by atoms with Gasteiger partial charge >= 0.3 is 0 Å². The van der Waals surface area contributed by atoms with Crippen molar-refractivity contribution in [2.24, 2.45) is 5.41 Å². The highest BCUT2D eigenvalue weighted by atomic mass is 19.1. The Morgan fingerprint density at radius 3 is 2.58 bits per heavy atom. The van der Waals surface area contributed by atoms with Crippen molar-refractivity contribution in [2.75, 3.05) is 32.7 Å². The first-order valence-electron chi connectivity index (χ1n) is 12.7. The van der Waals surface area contributed by atoms with E-state index < -0.39 is 0 Å². The number of piperidine rings is 1. The Kier molecular flexibility index (Phi) is 7.13. The zero-order valence-corrected chi connectivity index (χ0v) is 20.6. The van der Waals surface area contributed by atoms with E-state index in [2.05, 4.69) is 31.0 Å². The van der Waals surface area contributed by atoms with Crippen molar-refractivity contribution >= 4 is 11.8 Å². The summed E-state index contributed by atoms with van der Waals surface area (Å²) in [5.74, 6) is -0.0668. The van der Waals surface area contributed by atoms with Crippen molar-refractivity contribution in [1.29, 1.82) is 0 Å². The maximum atomic E-state index is 14.3. The second-order valence-corrected chi connectivity index (χ2v) is 11.6. The molecule has 182 valence electrons. The highest BCUT2D eigenvalue weighted by Crippen LogP contribution is 2.48.